The Morgan fingerprint density at radius 3 is 2.31 bits per heavy atom. The number of amides is 1. The van der Waals surface area contributed by atoms with E-state index in [0.29, 0.717) is 18.4 Å². The fraction of sp³-hybridized carbons (Fsp3) is 0.417. The van der Waals surface area contributed by atoms with Crippen LogP contribution in [0.3, 0.4) is 0 Å². The van der Waals surface area contributed by atoms with Gasteiger partial charge in [-0.1, -0.05) is 30.3 Å². The fourth-order valence-electron chi connectivity index (χ4n) is 5.28. The number of hydrogen-bond donors (Lipinski definition) is 1. The van der Waals surface area contributed by atoms with Crippen molar-refractivity contribution < 1.29 is 14.6 Å². The lowest BCUT2D eigenvalue weighted by molar-refractivity contribution is -0.0543. The molecule has 0 aromatic heterocycles. The van der Waals surface area contributed by atoms with E-state index in [1.165, 1.54) is 0 Å². The van der Waals surface area contributed by atoms with Crippen LogP contribution < -0.4 is 0 Å². The molecule has 1 N–H and O–H groups in total. The molecule has 2 aliphatic rings. The van der Waals surface area contributed by atoms with Crippen LogP contribution in [0.15, 0.2) is 42.5 Å². The minimum atomic E-state index is -0.982. The molecule has 2 heterocycles. The second-order valence-electron chi connectivity index (χ2n) is 8.37. The Morgan fingerprint density at radius 1 is 1.17 bits per heavy atom. The number of nitriles is 1. The van der Waals surface area contributed by atoms with Crippen molar-refractivity contribution in [3.8, 4) is 6.07 Å². The molecule has 0 saturated carbocycles. The van der Waals surface area contributed by atoms with Crippen LogP contribution in [0.2, 0.25) is 0 Å². The number of ether oxygens (including phenoxy) is 1. The summed E-state index contributed by atoms with van der Waals surface area (Å²) in [6, 6.07) is 15.5. The van der Waals surface area contributed by atoms with Crippen molar-refractivity contribution in [2.45, 2.75) is 63.8 Å². The van der Waals surface area contributed by atoms with Crippen LogP contribution in [0.1, 0.15) is 53.5 Å². The van der Waals surface area contributed by atoms with E-state index < -0.39 is 5.60 Å². The van der Waals surface area contributed by atoms with Gasteiger partial charge in [-0.3, -0.25) is 0 Å². The fourth-order valence-corrected chi connectivity index (χ4v) is 5.28. The first-order chi connectivity index (χ1) is 13.9. The van der Waals surface area contributed by atoms with E-state index in [0.717, 1.165) is 35.1 Å². The summed E-state index contributed by atoms with van der Waals surface area (Å²) in [5.74, 6) is 0. The number of aliphatic hydroxyl groups is 1. The molecule has 2 atom stereocenters. The lowest BCUT2D eigenvalue weighted by atomic mass is 9.76. The Bertz CT molecular complexity index is 927. The molecule has 29 heavy (non-hydrogen) atoms. The van der Waals surface area contributed by atoms with Gasteiger partial charge in [0.15, 0.2) is 0 Å². The molecule has 0 radical (unpaired) electrons. The molecular weight excluding hydrogens is 364 g/mol. The molecule has 4 rings (SSSR count). The third-order valence-electron chi connectivity index (χ3n) is 6.31. The Balaban J connectivity index is 1.52. The van der Waals surface area contributed by atoms with Gasteiger partial charge in [-0.2, -0.15) is 5.26 Å². The SMILES string of the molecule is Cc1cc(C#N)cc(C)c1C1(O)CC2CCC(C1)N2C(=O)OCc1ccccc1. The van der Waals surface area contributed by atoms with Gasteiger partial charge in [-0.15, -0.1) is 0 Å². The molecule has 2 saturated heterocycles. The molecule has 2 fully saturated rings. The summed E-state index contributed by atoms with van der Waals surface area (Å²) in [7, 11) is 0. The molecule has 0 aliphatic carbocycles. The van der Waals surface area contributed by atoms with Gasteiger partial charge in [-0.05, 0) is 61.1 Å². The first kappa shape index (κ1) is 19.5. The van der Waals surface area contributed by atoms with E-state index in [-0.39, 0.29) is 24.8 Å². The molecule has 0 spiro atoms. The van der Waals surface area contributed by atoms with Crippen LogP contribution in [-0.2, 0) is 16.9 Å². The Morgan fingerprint density at radius 2 is 1.76 bits per heavy atom. The number of aryl methyl sites for hydroxylation is 2. The number of hydrogen-bond acceptors (Lipinski definition) is 4. The number of fused-ring (bicyclic) bond motifs is 2. The number of rotatable bonds is 3. The van der Waals surface area contributed by atoms with Crippen molar-refractivity contribution in [1.82, 2.24) is 4.90 Å². The smallest absolute Gasteiger partial charge is 0.410 e. The van der Waals surface area contributed by atoms with Crippen LogP contribution in [0.4, 0.5) is 4.79 Å². The number of carbonyl (C=O) groups excluding carboxylic acids is 1. The molecule has 2 bridgehead atoms. The standard InChI is InChI=1S/C24H26N2O3/c1-16-10-19(14-25)11-17(2)22(16)24(28)12-20-8-9-21(13-24)26(20)23(27)29-15-18-6-4-3-5-7-18/h3-7,10-11,20-21,28H,8-9,12-13,15H2,1-2H3. The quantitative estimate of drug-likeness (QED) is 0.847. The van der Waals surface area contributed by atoms with E-state index in [4.69, 9.17) is 4.74 Å². The Labute approximate surface area is 171 Å². The number of carbonyl (C=O) groups is 1. The van der Waals surface area contributed by atoms with Crippen molar-refractivity contribution in [2.24, 2.45) is 0 Å². The number of piperidine rings is 1. The second kappa shape index (κ2) is 7.53. The monoisotopic (exact) mass is 390 g/mol. The van der Waals surface area contributed by atoms with Gasteiger partial charge in [0, 0.05) is 24.9 Å². The normalized spacial score (nSPS) is 25.5. The lowest BCUT2D eigenvalue weighted by Gasteiger charge is -2.44. The Hall–Kier alpha value is -2.84. The van der Waals surface area contributed by atoms with Gasteiger partial charge in [0.05, 0.1) is 17.2 Å². The average molecular weight is 390 g/mol. The molecule has 150 valence electrons. The highest BCUT2D eigenvalue weighted by Gasteiger charge is 2.51. The molecule has 2 aromatic rings. The van der Waals surface area contributed by atoms with Gasteiger partial charge < -0.3 is 14.7 Å². The second-order valence-corrected chi connectivity index (χ2v) is 8.37. The summed E-state index contributed by atoms with van der Waals surface area (Å²) in [6.45, 7) is 4.15. The van der Waals surface area contributed by atoms with Crippen molar-refractivity contribution in [1.29, 1.82) is 5.26 Å². The van der Waals surface area contributed by atoms with Crippen LogP contribution in [0.5, 0.6) is 0 Å². The first-order valence-electron chi connectivity index (χ1n) is 10.1. The largest absolute Gasteiger partial charge is 0.445 e. The summed E-state index contributed by atoms with van der Waals surface area (Å²) in [5, 5.41) is 20.8. The van der Waals surface area contributed by atoms with Gasteiger partial charge in [0.2, 0.25) is 0 Å². The lowest BCUT2D eigenvalue weighted by Crippen LogP contribution is -2.52. The van der Waals surface area contributed by atoms with Crippen LogP contribution in [0, 0.1) is 25.2 Å². The molecular formula is C24H26N2O3. The van der Waals surface area contributed by atoms with Crippen molar-refractivity contribution in [2.75, 3.05) is 0 Å². The van der Waals surface area contributed by atoms with Gasteiger partial charge in [0.25, 0.3) is 0 Å². The first-order valence-corrected chi connectivity index (χ1v) is 10.1. The highest BCUT2D eigenvalue weighted by molar-refractivity contribution is 5.69. The predicted molar refractivity (Wildman–Crippen MR) is 109 cm³/mol. The minimum absolute atomic E-state index is 0.0310. The molecule has 1 amide bonds. The summed E-state index contributed by atoms with van der Waals surface area (Å²) in [4.78, 5) is 14.6. The van der Waals surface area contributed by atoms with E-state index in [1.807, 2.05) is 61.2 Å². The van der Waals surface area contributed by atoms with E-state index in [2.05, 4.69) is 6.07 Å². The average Bonchev–Trinajstić information content (AvgIpc) is 2.98. The number of benzene rings is 2. The third-order valence-corrected chi connectivity index (χ3v) is 6.31. The summed E-state index contributed by atoms with van der Waals surface area (Å²) in [6.07, 6.45) is 2.45. The predicted octanol–water partition coefficient (Wildman–Crippen LogP) is 4.33. The van der Waals surface area contributed by atoms with E-state index >= 15 is 0 Å². The van der Waals surface area contributed by atoms with E-state index in [1.54, 1.807) is 0 Å². The zero-order valence-electron chi connectivity index (χ0n) is 16.9. The molecule has 2 aliphatic heterocycles. The Kier molecular flexibility index (Phi) is 5.06. The van der Waals surface area contributed by atoms with Crippen molar-refractivity contribution in [3.63, 3.8) is 0 Å². The summed E-state index contributed by atoms with van der Waals surface area (Å²) < 4.78 is 5.57. The summed E-state index contributed by atoms with van der Waals surface area (Å²) >= 11 is 0. The van der Waals surface area contributed by atoms with Crippen molar-refractivity contribution >= 4 is 6.09 Å². The maximum atomic E-state index is 12.8. The topological polar surface area (TPSA) is 73.6 Å². The maximum absolute atomic E-state index is 12.8. The number of nitrogens with zero attached hydrogens (tertiary/aromatic N) is 2. The third kappa shape index (κ3) is 3.61. The summed E-state index contributed by atoms with van der Waals surface area (Å²) in [5.41, 5.74) is 3.37. The zero-order valence-corrected chi connectivity index (χ0v) is 16.9. The van der Waals surface area contributed by atoms with Gasteiger partial charge >= 0.3 is 6.09 Å². The molecule has 2 aromatic carbocycles. The molecule has 2 unspecified atom stereocenters. The minimum Gasteiger partial charge on any atom is -0.445 e. The van der Waals surface area contributed by atoms with E-state index in [9.17, 15) is 15.2 Å². The zero-order chi connectivity index (χ0) is 20.6. The van der Waals surface area contributed by atoms with Gasteiger partial charge in [0.1, 0.15) is 6.61 Å². The maximum Gasteiger partial charge on any atom is 0.410 e. The highest BCUT2D eigenvalue weighted by Crippen LogP contribution is 2.47. The van der Waals surface area contributed by atoms with Gasteiger partial charge in [-0.25, -0.2) is 4.79 Å². The van der Waals surface area contributed by atoms with Crippen LogP contribution in [-0.4, -0.2) is 28.2 Å². The molecule has 5 nitrogen and oxygen atoms in total. The van der Waals surface area contributed by atoms with Crippen LogP contribution in [0.25, 0.3) is 0 Å². The highest BCUT2D eigenvalue weighted by atomic mass is 16.6. The van der Waals surface area contributed by atoms with Crippen molar-refractivity contribution in [3.05, 3.63) is 70.3 Å². The molecule has 5 heteroatoms. The van der Waals surface area contributed by atoms with Crippen LogP contribution >= 0.6 is 0 Å².